The summed E-state index contributed by atoms with van der Waals surface area (Å²) in [6.45, 7) is 16.6. The Balaban J connectivity index is 0.000000277. The van der Waals surface area contributed by atoms with Gasteiger partial charge in [0.2, 0.25) is 0 Å². The van der Waals surface area contributed by atoms with E-state index in [-0.39, 0.29) is 43.1 Å². The summed E-state index contributed by atoms with van der Waals surface area (Å²) in [4.78, 5) is 52.6. The molecule has 2 fully saturated rings. The first-order valence-corrected chi connectivity index (χ1v) is 24.0. The average molecular weight is 911 g/mol. The van der Waals surface area contributed by atoms with Gasteiger partial charge in [0.05, 0.1) is 32.3 Å². The Labute approximate surface area is 364 Å². The number of aromatic amines is 2. The minimum absolute atomic E-state index is 0.0607. The third kappa shape index (κ3) is 15.4. The van der Waals surface area contributed by atoms with E-state index in [1.165, 1.54) is 21.5 Å². The first-order chi connectivity index (χ1) is 29.9. The smallest absolute Gasteiger partial charge is 0.331 e. The van der Waals surface area contributed by atoms with Gasteiger partial charge in [0.25, 0.3) is 11.1 Å². The quantitative estimate of drug-likeness (QED) is 0.0636. The Morgan fingerprint density at radius 1 is 1.05 bits per heavy atom. The predicted molar refractivity (Wildman–Crippen MR) is 238 cm³/mol. The summed E-state index contributed by atoms with van der Waals surface area (Å²) < 4.78 is 81.0. The van der Waals surface area contributed by atoms with E-state index in [9.17, 15) is 19.2 Å². The molecule has 3 aliphatic rings. The number of ether oxygens (including phenoxy) is 2. The van der Waals surface area contributed by atoms with Crippen LogP contribution in [0.4, 0.5) is 0 Å². The number of H-pyrrole nitrogens is 2. The molecule has 330 valence electrons. The summed E-state index contributed by atoms with van der Waals surface area (Å²) in [5.41, 5.74) is -0.744. The van der Waals surface area contributed by atoms with Gasteiger partial charge in [-0.05, 0) is 87.8 Å². The number of nitrogens with zero attached hydrogens (tertiary/aromatic N) is 3. The van der Waals surface area contributed by atoms with Gasteiger partial charge in [-0.2, -0.15) is 0 Å². The van der Waals surface area contributed by atoms with Crippen LogP contribution in [0.5, 0.6) is 0 Å². The average Bonchev–Trinajstić information content (AvgIpc) is 3.80. The van der Waals surface area contributed by atoms with Gasteiger partial charge >= 0.3 is 19.9 Å². The molecule has 18 nitrogen and oxygen atoms in total. The molecule has 0 saturated carbocycles. The lowest BCUT2D eigenvalue weighted by atomic mass is 10.2. The lowest BCUT2D eigenvalue weighted by molar-refractivity contribution is -0.0344. The minimum Gasteiger partial charge on any atom is -0.468 e. The molecule has 0 amide bonds. The number of aromatic nitrogens is 4. The van der Waals surface area contributed by atoms with Crippen LogP contribution in [0.15, 0.2) is 43.1 Å². The molecule has 0 radical (unpaired) electrons. The molecule has 2 aromatic heterocycles. The first-order valence-electron chi connectivity index (χ1n) is 21.7. The van der Waals surface area contributed by atoms with E-state index >= 15 is 0 Å². The predicted octanol–water partition coefficient (Wildman–Crippen LogP) is 2.72. The number of hydrogen-bond acceptors (Lipinski definition) is 16. The second kappa shape index (κ2) is 25.2. The fraction of sp³-hybridized carbons (Fsp3) is 0.714. The van der Waals surface area contributed by atoms with Gasteiger partial charge < -0.3 is 41.3 Å². The van der Waals surface area contributed by atoms with Crippen LogP contribution < -0.4 is 27.8 Å². The first kappa shape index (κ1) is 43.7. The maximum Gasteiger partial charge on any atom is 0.331 e. The molecule has 2 aromatic rings. The van der Waals surface area contributed by atoms with Gasteiger partial charge in [0, 0.05) is 55.2 Å². The van der Waals surface area contributed by atoms with Crippen LogP contribution in [0.25, 0.3) is 0 Å². The molecule has 0 bridgehead atoms. The highest BCUT2D eigenvalue weighted by Gasteiger charge is 2.39. The fourth-order valence-corrected chi connectivity index (χ4v) is 9.26. The lowest BCUT2D eigenvalue weighted by Gasteiger charge is -2.35. The molecule has 2 saturated heterocycles. The summed E-state index contributed by atoms with van der Waals surface area (Å²) in [7, 11) is -4.45. The Hall–Kier alpha value is -1.93. The molecular weight excluding hydrogens is 844 g/mol. The topological polar surface area (TPSA) is 199 Å². The van der Waals surface area contributed by atoms with Gasteiger partial charge in [-0.1, -0.05) is 13.8 Å². The molecule has 3 N–H and O–H groups in total. The van der Waals surface area contributed by atoms with Crippen molar-refractivity contribution < 1.29 is 35.9 Å². The van der Waals surface area contributed by atoms with E-state index < -0.39 is 73.5 Å². The maximum atomic E-state index is 12.3. The number of aryl methyl sites for hydroxylation is 2. The summed E-state index contributed by atoms with van der Waals surface area (Å²) in [5.74, 6) is 0.966. The van der Waals surface area contributed by atoms with E-state index in [0.717, 1.165) is 50.0 Å². The third-order valence-electron chi connectivity index (χ3n) is 8.93. The summed E-state index contributed by atoms with van der Waals surface area (Å²) >= 11 is 2.05. The minimum atomic E-state index is -1.32. The van der Waals surface area contributed by atoms with Gasteiger partial charge in [-0.15, -0.1) is 0 Å². The van der Waals surface area contributed by atoms with Crippen LogP contribution in [0.2, 0.25) is 0 Å². The van der Waals surface area contributed by atoms with Gasteiger partial charge in [0.15, 0.2) is 26.1 Å². The molecule has 3 aliphatic heterocycles. The van der Waals surface area contributed by atoms with Crippen molar-refractivity contribution in [3.8, 4) is 0 Å². The van der Waals surface area contributed by atoms with Crippen molar-refractivity contribution in [3.05, 3.63) is 76.7 Å². The highest BCUT2D eigenvalue weighted by atomic mass is 32.2. The third-order valence-corrected chi connectivity index (χ3v) is 12.8. The van der Waals surface area contributed by atoms with Gasteiger partial charge in [0.1, 0.15) is 34.5 Å². The van der Waals surface area contributed by atoms with Crippen molar-refractivity contribution in [1.82, 2.24) is 29.1 Å². The molecule has 6 unspecified atom stereocenters. The van der Waals surface area contributed by atoms with Gasteiger partial charge in [-0.25, -0.2) is 14.3 Å². The molecule has 59 heavy (non-hydrogen) atoms. The Bertz CT molecular complexity index is 2010. The van der Waals surface area contributed by atoms with Gasteiger partial charge in [-0.3, -0.25) is 28.7 Å². The zero-order valence-corrected chi connectivity index (χ0v) is 38.1. The Morgan fingerprint density at radius 2 is 1.71 bits per heavy atom. The van der Waals surface area contributed by atoms with Crippen LogP contribution in [-0.4, -0.2) is 126 Å². The molecule has 5 rings (SSSR count). The second-order valence-electron chi connectivity index (χ2n) is 14.2. The van der Waals surface area contributed by atoms with Crippen molar-refractivity contribution >= 4 is 56.5 Å². The van der Waals surface area contributed by atoms with E-state index in [0.29, 0.717) is 48.3 Å². The normalized spacial score (nSPS) is 23.6. The highest BCUT2D eigenvalue weighted by molar-refractivity contribution is 7.95. The Kier molecular flexibility index (Phi) is 18.7. The molecular formula is C35H60B2N6O12P2S2. The molecule has 5 heterocycles. The standard InChI is InChI=1S/C18H33BN3O6PS.C17H27BN3O6PS/c1-12(2)20-6-5-7-25-29(4)28-14-8-16(27-15(14)10-26-30-11-19)22-9-13(3)17(23)21-18(22)24;1-11(2)21-5-4-6-24-28(21)27-13-7-15(26-14(13)9-25-29-10-18)20-8-12(3)16(22)19-17(20)23/h9,12,14-16,20H,5-8,10-11,19H2,1-4H3,(H,21,23,24);8,11,15H,4-7,9-10,18H2,1-3H3,(H,19,22,23)/i19TD;18TD. The fourth-order valence-electron chi connectivity index (χ4n) is 5.96. The number of nitrogens with one attached hydrogen (secondary N) is 3. The number of hydrogen-bond donors (Lipinski definition) is 3. The van der Waals surface area contributed by atoms with Crippen LogP contribution in [0, 0.1) is 13.8 Å². The van der Waals surface area contributed by atoms with Crippen molar-refractivity contribution in [3.63, 3.8) is 0 Å². The Morgan fingerprint density at radius 3 is 2.36 bits per heavy atom. The van der Waals surface area contributed by atoms with Crippen LogP contribution in [-0.2, 0) is 35.9 Å². The molecule has 0 aromatic carbocycles. The van der Waals surface area contributed by atoms with E-state index in [1.54, 1.807) is 13.8 Å². The largest absolute Gasteiger partial charge is 0.468 e. The molecule has 24 heteroatoms. The zero-order valence-electron chi connectivity index (χ0n) is 38.7. The van der Waals surface area contributed by atoms with Crippen molar-refractivity contribution in [2.24, 2.45) is 0 Å². The summed E-state index contributed by atoms with van der Waals surface area (Å²) in [6, 6.07) is 0.678. The van der Waals surface area contributed by atoms with Crippen LogP contribution in [0.3, 0.4) is 0 Å². The van der Waals surface area contributed by atoms with Crippen molar-refractivity contribution in [2.75, 3.05) is 57.5 Å². The molecule has 6 atom stereocenters. The number of rotatable bonds is 23. The van der Waals surface area contributed by atoms with E-state index in [2.05, 4.69) is 47.7 Å². The second-order valence-corrected chi connectivity index (χ2v) is 18.6. The summed E-state index contributed by atoms with van der Waals surface area (Å²) in [6.07, 6.45) is 3.30. The molecule has 0 spiro atoms. The van der Waals surface area contributed by atoms with Crippen molar-refractivity contribution in [1.29, 1.82) is 5.34 Å². The maximum absolute atomic E-state index is 12.3. The lowest BCUT2D eigenvalue weighted by Crippen LogP contribution is -2.33. The van der Waals surface area contributed by atoms with Crippen molar-refractivity contribution in [2.45, 2.75) is 104 Å². The molecule has 0 aliphatic carbocycles. The monoisotopic (exact) mass is 910 g/mol. The van der Waals surface area contributed by atoms with Crippen LogP contribution in [0.1, 0.15) is 77.0 Å². The zero-order chi connectivity index (χ0) is 46.2. The van der Waals surface area contributed by atoms with E-state index in [4.69, 9.17) is 41.3 Å². The highest BCUT2D eigenvalue weighted by Crippen LogP contribution is 2.51. The van der Waals surface area contributed by atoms with E-state index in [1.807, 2.05) is 6.66 Å². The SMILES string of the molecule is [2H]B([3H])CSOCC1=C(OP2OCCCN2C(C)C)CC(n2cc(C)c(=O)[nH]c2=O)O1.[2H]B([3H])CSOCC1OC(n2cc(C)c(=O)[nH]c2=O)CC1OP(C)OCCCNC(C)C. The summed E-state index contributed by atoms with van der Waals surface area (Å²) in [5, 5.41) is 3.34. The van der Waals surface area contributed by atoms with Crippen LogP contribution >= 0.6 is 41.0 Å².